The highest BCUT2D eigenvalue weighted by atomic mass is 16.6. The summed E-state index contributed by atoms with van der Waals surface area (Å²) in [4.78, 5) is 56.3. The zero-order chi connectivity index (χ0) is 36.4. The third-order valence-electron chi connectivity index (χ3n) is 7.05. The van der Waals surface area contributed by atoms with Gasteiger partial charge in [-0.2, -0.15) is 0 Å². The van der Waals surface area contributed by atoms with Crippen LogP contribution in [0.25, 0.3) is 0 Å². The molecule has 3 unspecified atom stereocenters. The number of aromatic hydroxyl groups is 2. The monoisotopic (exact) mass is 677 g/mol. The Kier molecular flexibility index (Phi) is 13.2. The van der Waals surface area contributed by atoms with Crippen LogP contribution < -0.4 is 10.6 Å². The van der Waals surface area contributed by atoms with E-state index in [-0.39, 0.29) is 36.4 Å². The summed E-state index contributed by atoms with van der Waals surface area (Å²) < 4.78 is 11.1. The number of nitrogens with one attached hydrogen (secondary N) is 2. The fourth-order valence-corrected chi connectivity index (χ4v) is 4.99. The Morgan fingerprint density at radius 1 is 0.694 bits per heavy atom. The van der Waals surface area contributed by atoms with Crippen molar-refractivity contribution in [2.75, 3.05) is 13.2 Å². The van der Waals surface area contributed by atoms with Gasteiger partial charge in [-0.05, 0) is 82.5 Å². The van der Waals surface area contributed by atoms with Crippen LogP contribution in [0.1, 0.15) is 64.3 Å². The minimum absolute atomic E-state index is 0.00717. The van der Waals surface area contributed by atoms with Crippen molar-refractivity contribution in [1.29, 1.82) is 0 Å². The first-order valence-corrected chi connectivity index (χ1v) is 16.0. The van der Waals surface area contributed by atoms with Gasteiger partial charge in [0, 0.05) is 19.4 Å². The number of ether oxygens (including phenoxy) is 2. The molecule has 0 spiro atoms. The Morgan fingerprint density at radius 3 is 1.73 bits per heavy atom. The topological polar surface area (TPSA) is 175 Å². The highest BCUT2D eigenvalue weighted by Gasteiger charge is 2.38. The number of aliphatic hydroxyl groups is 1. The molecule has 49 heavy (non-hydrogen) atoms. The number of carbonyl (C=O) groups is 4. The first kappa shape index (κ1) is 38.3. The number of benzene rings is 3. The lowest BCUT2D eigenvalue weighted by Gasteiger charge is -2.35. The molecule has 3 aromatic carbocycles. The number of rotatable bonds is 13. The van der Waals surface area contributed by atoms with Crippen LogP contribution in [0.3, 0.4) is 0 Å². The molecule has 264 valence electrons. The quantitative estimate of drug-likeness (QED) is 0.166. The van der Waals surface area contributed by atoms with Gasteiger partial charge in [0.15, 0.2) is 0 Å². The SMILES string of the molecule is CC(C)(C)OC(=O)NC(Cc1ccc(O)cc1)C(=O)N(CCO)C(C(=O)NC(Cc1ccccc1)C(=O)OC(C)(C)C)c1ccc(O)cc1. The molecular formula is C37H47N3O9. The van der Waals surface area contributed by atoms with Crippen LogP contribution in [-0.2, 0) is 36.7 Å². The number of hydrogen-bond acceptors (Lipinski definition) is 9. The van der Waals surface area contributed by atoms with Crippen molar-refractivity contribution in [2.24, 2.45) is 0 Å². The lowest BCUT2D eigenvalue weighted by Crippen LogP contribution is -2.56. The second-order valence-corrected chi connectivity index (χ2v) is 13.6. The van der Waals surface area contributed by atoms with Gasteiger partial charge in [0.1, 0.15) is 40.8 Å². The Balaban J connectivity index is 2.07. The smallest absolute Gasteiger partial charge is 0.408 e. The summed E-state index contributed by atoms with van der Waals surface area (Å²) in [6, 6.07) is 16.8. The number of carbonyl (C=O) groups excluding carboxylic acids is 4. The van der Waals surface area contributed by atoms with Crippen LogP contribution in [0.4, 0.5) is 4.79 Å². The fraction of sp³-hybridized carbons (Fsp3) is 0.405. The van der Waals surface area contributed by atoms with E-state index in [0.717, 1.165) is 10.5 Å². The molecule has 0 radical (unpaired) electrons. The highest BCUT2D eigenvalue weighted by Crippen LogP contribution is 2.26. The number of hydrogen-bond donors (Lipinski definition) is 5. The molecule has 5 N–H and O–H groups in total. The van der Waals surface area contributed by atoms with Crippen LogP contribution >= 0.6 is 0 Å². The van der Waals surface area contributed by atoms with Gasteiger partial charge >= 0.3 is 12.1 Å². The van der Waals surface area contributed by atoms with Gasteiger partial charge in [-0.15, -0.1) is 0 Å². The lowest BCUT2D eigenvalue weighted by molar-refractivity contribution is -0.159. The van der Waals surface area contributed by atoms with E-state index in [4.69, 9.17) is 9.47 Å². The Morgan fingerprint density at radius 2 is 1.20 bits per heavy atom. The number of aliphatic hydroxyl groups excluding tert-OH is 1. The average Bonchev–Trinajstić information content (AvgIpc) is 3.00. The van der Waals surface area contributed by atoms with Gasteiger partial charge in [-0.25, -0.2) is 9.59 Å². The van der Waals surface area contributed by atoms with Crippen LogP contribution in [0.5, 0.6) is 11.5 Å². The second kappa shape index (κ2) is 16.8. The van der Waals surface area contributed by atoms with Crippen molar-refractivity contribution >= 4 is 23.9 Å². The van der Waals surface area contributed by atoms with E-state index in [1.807, 2.05) is 6.07 Å². The van der Waals surface area contributed by atoms with Gasteiger partial charge in [0.2, 0.25) is 11.8 Å². The molecule has 3 rings (SSSR count). The van der Waals surface area contributed by atoms with Crippen molar-refractivity contribution in [3.8, 4) is 11.5 Å². The largest absolute Gasteiger partial charge is 0.508 e. The first-order valence-electron chi connectivity index (χ1n) is 16.0. The van der Waals surface area contributed by atoms with E-state index in [0.29, 0.717) is 5.56 Å². The van der Waals surface area contributed by atoms with E-state index in [1.165, 1.54) is 36.4 Å². The number of alkyl carbamates (subject to hydrolysis) is 1. The molecule has 12 heteroatoms. The fourth-order valence-electron chi connectivity index (χ4n) is 4.99. The van der Waals surface area contributed by atoms with Crippen LogP contribution in [0.15, 0.2) is 78.9 Å². The summed E-state index contributed by atoms with van der Waals surface area (Å²) >= 11 is 0. The number of esters is 1. The maximum Gasteiger partial charge on any atom is 0.408 e. The van der Waals surface area contributed by atoms with Crippen molar-refractivity contribution in [3.05, 3.63) is 95.6 Å². The minimum Gasteiger partial charge on any atom is -0.508 e. The van der Waals surface area contributed by atoms with E-state index in [9.17, 15) is 34.5 Å². The van der Waals surface area contributed by atoms with Crippen LogP contribution in [0.2, 0.25) is 0 Å². The van der Waals surface area contributed by atoms with Gasteiger partial charge in [0.05, 0.1) is 6.61 Å². The molecule has 12 nitrogen and oxygen atoms in total. The predicted octanol–water partition coefficient (Wildman–Crippen LogP) is 4.17. The summed E-state index contributed by atoms with van der Waals surface area (Å²) in [6.45, 7) is 9.24. The number of phenols is 2. The minimum atomic E-state index is -1.43. The Hall–Kier alpha value is -5.10. The van der Waals surface area contributed by atoms with Crippen molar-refractivity contribution in [3.63, 3.8) is 0 Å². The zero-order valence-electron chi connectivity index (χ0n) is 28.8. The molecule has 0 saturated carbocycles. The van der Waals surface area contributed by atoms with Crippen molar-refractivity contribution < 1.29 is 44.0 Å². The number of amides is 3. The summed E-state index contributed by atoms with van der Waals surface area (Å²) in [5.74, 6) is -2.27. The summed E-state index contributed by atoms with van der Waals surface area (Å²) in [5.41, 5.74) is -0.153. The third kappa shape index (κ3) is 12.5. The zero-order valence-corrected chi connectivity index (χ0v) is 28.8. The predicted molar refractivity (Wildman–Crippen MR) is 183 cm³/mol. The first-order chi connectivity index (χ1) is 23.0. The molecule has 0 heterocycles. The average molecular weight is 678 g/mol. The van der Waals surface area contributed by atoms with Gasteiger partial charge in [-0.1, -0.05) is 54.6 Å². The van der Waals surface area contributed by atoms with Gasteiger partial charge in [-0.3, -0.25) is 9.59 Å². The van der Waals surface area contributed by atoms with E-state index in [1.54, 1.807) is 77.9 Å². The Labute approximate surface area is 287 Å². The van der Waals surface area contributed by atoms with Gasteiger partial charge < -0.3 is 40.3 Å². The van der Waals surface area contributed by atoms with Crippen molar-refractivity contribution in [1.82, 2.24) is 15.5 Å². The molecular weight excluding hydrogens is 630 g/mol. The molecule has 3 atom stereocenters. The molecule has 0 aliphatic heterocycles. The molecule has 0 bridgehead atoms. The summed E-state index contributed by atoms with van der Waals surface area (Å²) in [7, 11) is 0. The van der Waals surface area contributed by atoms with E-state index >= 15 is 0 Å². The maximum atomic E-state index is 14.5. The van der Waals surface area contributed by atoms with Crippen LogP contribution in [0, 0.1) is 0 Å². The van der Waals surface area contributed by atoms with E-state index < -0.39 is 59.8 Å². The van der Waals surface area contributed by atoms with Crippen molar-refractivity contribution in [2.45, 2.75) is 83.7 Å². The molecule has 0 fully saturated rings. The molecule has 0 aliphatic rings. The molecule has 0 aromatic heterocycles. The normalized spacial score (nSPS) is 13.4. The standard InChI is InChI=1S/C37H47N3O9/c1-36(2,3)48-34(46)30(23-24-10-8-7-9-11-24)38-32(44)31(26-14-18-28(43)19-15-26)40(20-21-41)33(45)29(39-35(47)49-37(4,5)6)22-25-12-16-27(42)17-13-25/h7-19,29-31,41-43H,20-23H2,1-6H3,(H,38,44)(H,39,47). The maximum absolute atomic E-state index is 14.5. The number of phenolic OH excluding ortho intramolecular Hbond substituents is 2. The van der Waals surface area contributed by atoms with E-state index in [2.05, 4.69) is 10.6 Å². The summed E-state index contributed by atoms with van der Waals surface area (Å²) in [6.07, 6.45) is -0.854. The molecule has 0 saturated heterocycles. The second-order valence-electron chi connectivity index (χ2n) is 13.6. The van der Waals surface area contributed by atoms with Crippen LogP contribution in [-0.4, -0.2) is 80.5 Å². The third-order valence-corrected chi connectivity index (χ3v) is 7.05. The number of nitrogens with zero attached hydrogens (tertiary/aromatic N) is 1. The lowest BCUT2D eigenvalue weighted by atomic mass is 9.99. The molecule has 3 aromatic rings. The summed E-state index contributed by atoms with van der Waals surface area (Å²) in [5, 5.41) is 35.3. The molecule has 0 aliphatic carbocycles. The highest BCUT2D eigenvalue weighted by molar-refractivity contribution is 5.94. The molecule has 3 amide bonds. The van der Waals surface area contributed by atoms with Gasteiger partial charge in [0.25, 0.3) is 0 Å². The Bertz CT molecular complexity index is 1550.